The molecule has 3 N–H and O–H groups in total. The molecule has 6 atom stereocenters. The van der Waals surface area contributed by atoms with Gasteiger partial charge in [0.25, 0.3) is 5.91 Å². The SMILES string of the molecule is C=C1CC(c2nc(C(=O)NC(Cc3ccccc3)CC(C)C)cs2)CC(N(C)C(=O)C(NC(=C)C(C)(C)N(C)C)[C@@H](C)CC)C(C)N1CCNC=O. The number of amides is 3. The van der Waals surface area contributed by atoms with Gasteiger partial charge >= 0.3 is 0 Å². The van der Waals surface area contributed by atoms with Crippen LogP contribution in [0.3, 0.4) is 0 Å². The van der Waals surface area contributed by atoms with Gasteiger partial charge in [0.15, 0.2) is 0 Å². The van der Waals surface area contributed by atoms with E-state index >= 15 is 0 Å². The Balaban J connectivity index is 1.91. The molecule has 1 aliphatic rings. The van der Waals surface area contributed by atoms with Crippen molar-refractivity contribution in [3.05, 3.63) is 76.5 Å². The molecule has 0 spiro atoms. The van der Waals surface area contributed by atoms with Gasteiger partial charge in [0.1, 0.15) is 11.7 Å². The number of thiazole rings is 1. The molecule has 0 bridgehead atoms. The number of hydrogen-bond donors (Lipinski definition) is 3. The molecule has 1 aromatic carbocycles. The monoisotopic (exact) mass is 735 g/mol. The molecule has 1 aliphatic heterocycles. The first-order valence-corrected chi connectivity index (χ1v) is 19.7. The van der Waals surface area contributed by atoms with Crippen LogP contribution in [0.25, 0.3) is 0 Å². The number of likely N-dealkylation sites (tertiary alicyclic amines) is 1. The average Bonchev–Trinajstić information content (AvgIpc) is 3.56. The van der Waals surface area contributed by atoms with E-state index in [1.54, 1.807) is 0 Å². The normalized spacial score (nSPS) is 19.8. The number of likely N-dealkylation sites (N-methyl/N-ethyl adjacent to an activating group) is 2. The van der Waals surface area contributed by atoms with E-state index in [-0.39, 0.29) is 47.3 Å². The predicted molar refractivity (Wildman–Crippen MR) is 214 cm³/mol. The van der Waals surface area contributed by atoms with Crippen molar-refractivity contribution in [1.82, 2.24) is 35.6 Å². The van der Waals surface area contributed by atoms with Gasteiger partial charge in [0, 0.05) is 54.9 Å². The van der Waals surface area contributed by atoms with Crippen LogP contribution in [0, 0.1) is 11.8 Å². The molecule has 11 heteroatoms. The Labute approximate surface area is 317 Å². The molecule has 1 saturated heterocycles. The van der Waals surface area contributed by atoms with Crippen LogP contribution in [0.15, 0.2) is 60.3 Å². The molecule has 52 heavy (non-hydrogen) atoms. The standard InChI is InChI=1S/C41H65N7O3S/c1-13-28(4)37(43-31(7)41(8,9)46(10)11)40(51)47(12)36-24-33(22-29(5)48(30(36)6)20-19-42-26-49)39-45-35(25-52-39)38(50)44-34(21-27(2)3)23-32-17-15-14-16-18-32/h14-18,25-28,30,33-34,36-37,43H,5,7,13,19-24H2,1-4,6,8-12H3,(H,42,49)(H,44,50)/t28-,30?,33?,34?,36?,37?/m0/s1. The summed E-state index contributed by atoms with van der Waals surface area (Å²) in [5.74, 6) is 0.268. The summed E-state index contributed by atoms with van der Waals surface area (Å²) in [5.41, 5.74) is 2.95. The minimum Gasteiger partial charge on any atom is -0.376 e. The topological polar surface area (TPSA) is 110 Å². The fourth-order valence-corrected chi connectivity index (χ4v) is 7.86. The van der Waals surface area contributed by atoms with Crippen molar-refractivity contribution in [2.24, 2.45) is 11.8 Å². The van der Waals surface area contributed by atoms with Gasteiger partial charge < -0.3 is 25.8 Å². The van der Waals surface area contributed by atoms with Crippen LogP contribution in [0.1, 0.15) is 101 Å². The highest BCUT2D eigenvalue weighted by Crippen LogP contribution is 2.38. The third-order valence-corrected chi connectivity index (χ3v) is 12.1. The lowest BCUT2D eigenvalue weighted by atomic mass is 9.91. The lowest BCUT2D eigenvalue weighted by molar-refractivity contribution is -0.136. The van der Waals surface area contributed by atoms with Crippen molar-refractivity contribution in [2.75, 3.05) is 34.2 Å². The smallest absolute Gasteiger partial charge is 0.270 e. The molecular weight excluding hydrogens is 671 g/mol. The molecule has 1 fully saturated rings. The van der Waals surface area contributed by atoms with Crippen LogP contribution in [0.2, 0.25) is 0 Å². The van der Waals surface area contributed by atoms with E-state index in [1.165, 1.54) is 16.9 Å². The first-order valence-electron chi connectivity index (χ1n) is 18.8. The molecule has 1 aromatic heterocycles. The van der Waals surface area contributed by atoms with Crippen molar-refractivity contribution >= 4 is 29.6 Å². The van der Waals surface area contributed by atoms with E-state index < -0.39 is 6.04 Å². The highest BCUT2D eigenvalue weighted by molar-refractivity contribution is 7.09. The summed E-state index contributed by atoms with van der Waals surface area (Å²) in [6.07, 6.45) is 4.43. The Kier molecular flexibility index (Phi) is 15.9. The van der Waals surface area contributed by atoms with Gasteiger partial charge in [-0.25, -0.2) is 4.98 Å². The fraction of sp³-hybridized carbons (Fsp3) is 0.610. The Morgan fingerprint density at radius 1 is 1.13 bits per heavy atom. The number of carbonyl (C=O) groups is 3. The van der Waals surface area contributed by atoms with Gasteiger partial charge in [-0.15, -0.1) is 11.3 Å². The van der Waals surface area contributed by atoms with Crippen molar-refractivity contribution in [3.63, 3.8) is 0 Å². The molecular formula is C41H65N7O3S. The van der Waals surface area contributed by atoms with Crippen LogP contribution in [0.5, 0.6) is 0 Å². The molecule has 0 aliphatic carbocycles. The van der Waals surface area contributed by atoms with Crippen molar-refractivity contribution < 1.29 is 14.4 Å². The molecule has 10 nitrogen and oxygen atoms in total. The van der Waals surface area contributed by atoms with Crippen LogP contribution in [-0.4, -0.2) is 102 Å². The first kappa shape index (κ1) is 42.7. The number of benzene rings is 1. The van der Waals surface area contributed by atoms with Crippen molar-refractivity contribution in [2.45, 2.75) is 116 Å². The van der Waals surface area contributed by atoms with Crippen LogP contribution >= 0.6 is 11.3 Å². The molecule has 288 valence electrons. The van der Waals surface area contributed by atoms with Gasteiger partial charge in [0.2, 0.25) is 12.3 Å². The predicted octanol–water partition coefficient (Wildman–Crippen LogP) is 6.04. The summed E-state index contributed by atoms with van der Waals surface area (Å²) in [5, 5.41) is 12.3. The zero-order valence-electron chi connectivity index (χ0n) is 33.4. The van der Waals surface area contributed by atoms with Crippen LogP contribution in [0.4, 0.5) is 0 Å². The highest BCUT2D eigenvalue weighted by Gasteiger charge is 2.40. The second-order valence-corrected chi connectivity index (χ2v) is 16.6. The van der Waals surface area contributed by atoms with E-state index in [1.807, 2.05) is 49.6 Å². The number of aromatic nitrogens is 1. The molecule has 3 rings (SSSR count). The third-order valence-electron chi connectivity index (χ3n) is 11.1. The summed E-state index contributed by atoms with van der Waals surface area (Å²) in [6, 6.07) is 9.49. The second kappa shape index (κ2) is 19.4. The van der Waals surface area contributed by atoms with Crippen molar-refractivity contribution in [3.8, 4) is 0 Å². The lowest BCUT2D eigenvalue weighted by Crippen LogP contribution is -2.58. The molecule has 2 aromatic rings. The molecule has 5 unspecified atom stereocenters. The summed E-state index contributed by atoms with van der Waals surface area (Å²) in [6.45, 7) is 24.7. The summed E-state index contributed by atoms with van der Waals surface area (Å²) in [7, 11) is 5.92. The number of nitrogens with zero attached hydrogens (tertiary/aromatic N) is 4. The third kappa shape index (κ3) is 11.2. The van der Waals surface area contributed by atoms with E-state index in [9.17, 15) is 14.4 Å². The molecule has 0 saturated carbocycles. The van der Waals surface area contributed by atoms with Gasteiger partial charge in [0.05, 0.1) is 16.6 Å². The molecule has 2 heterocycles. The minimum atomic E-state index is -0.464. The molecule has 0 radical (unpaired) electrons. The summed E-state index contributed by atoms with van der Waals surface area (Å²) < 4.78 is 0. The highest BCUT2D eigenvalue weighted by atomic mass is 32.1. The zero-order chi connectivity index (χ0) is 38.7. The minimum absolute atomic E-state index is 0.00736. The second-order valence-electron chi connectivity index (χ2n) is 15.7. The number of rotatable bonds is 19. The maximum atomic E-state index is 14.6. The van der Waals surface area contributed by atoms with Gasteiger partial charge in [-0.05, 0) is 77.9 Å². The summed E-state index contributed by atoms with van der Waals surface area (Å²) >= 11 is 1.49. The molecule has 3 amide bonds. The van der Waals surface area contributed by atoms with Gasteiger partial charge in [-0.1, -0.05) is 77.6 Å². The first-order chi connectivity index (χ1) is 24.5. The largest absolute Gasteiger partial charge is 0.376 e. The zero-order valence-corrected chi connectivity index (χ0v) is 34.2. The lowest BCUT2D eigenvalue weighted by Gasteiger charge is -2.42. The fourth-order valence-electron chi connectivity index (χ4n) is 6.94. The van der Waals surface area contributed by atoms with Gasteiger partial charge in [-0.3, -0.25) is 19.3 Å². The maximum absolute atomic E-state index is 14.6. The Morgan fingerprint density at radius 3 is 2.40 bits per heavy atom. The van der Waals surface area contributed by atoms with Crippen molar-refractivity contribution in [1.29, 1.82) is 0 Å². The van der Waals surface area contributed by atoms with Crippen LogP contribution in [-0.2, 0) is 16.0 Å². The van der Waals surface area contributed by atoms with E-state index in [0.717, 1.165) is 35.7 Å². The quantitative estimate of drug-likeness (QED) is 0.119. The number of hydrogen-bond acceptors (Lipinski definition) is 8. The Bertz CT molecular complexity index is 1490. The van der Waals surface area contributed by atoms with E-state index in [0.29, 0.717) is 44.0 Å². The number of carbonyl (C=O) groups excluding carboxylic acids is 3. The van der Waals surface area contributed by atoms with Crippen LogP contribution < -0.4 is 16.0 Å². The maximum Gasteiger partial charge on any atom is 0.270 e. The Morgan fingerprint density at radius 2 is 1.81 bits per heavy atom. The van der Waals surface area contributed by atoms with Gasteiger partial charge in [-0.2, -0.15) is 0 Å². The summed E-state index contributed by atoms with van der Waals surface area (Å²) in [4.78, 5) is 50.5. The average molecular weight is 736 g/mol. The number of nitrogens with one attached hydrogen (secondary N) is 3. The number of allylic oxidation sites excluding steroid dienone is 1. The van der Waals surface area contributed by atoms with E-state index in [4.69, 9.17) is 4.98 Å². The Hall–Kier alpha value is -3.70. The van der Waals surface area contributed by atoms with E-state index in [2.05, 4.69) is 99.5 Å².